The minimum atomic E-state index is -0.0791. The highest BCUT2D eigenvalue weighted by Crippen LogP contribution is 2.26. The molecule has 3 unspecified atom stereocenters. The van der Waals surface area contributed by atoms with E-state index >= 15 is 0 Å². The summed E-state index contributed by atoms with van der Waals surface area (Å²) in [5.41, 5.74) is 7.62. The van der Waals surface area contributed by atoms with Crippen molar-refractivity contribution in [3.05, 3.63) is 29.8 Å². The van der Waals surface area contributed by atoms with Crippen molar-refractivity contribution >= 4 is 5.91 Å². The fraction of sp³-hybridized carbons (Fsp3) is 0.588. The van der Waals surface area contributed by atoms with Crippen LogP contribution in [0.5, 0.6) is 5.75 Å². The summed E-state index contributed by atoms with van der Waals surface area (Å²) < 4.78 is 5.69. The maximum Gasteiger partial charge on any atom is 0.226 e. The Balaban J connectivity index is 1.47. The van der Waals surface area contributed by atoms with Crippen molar-refractivity contribution in [2.24, 2.45) is 11.8 Å². The van der Waals surface area contributed by atoms with Crippen LogP contribution in [0.3, 0.4) is 0 Å². The number of hydrogen-bond acceptors (Lipinski definition) is 4. The van der Waals surface area contributed by atoms with E-state index in [1.54, 1.807) is 0 Å². The Bertz CT molecular complexity index is 524. The standard InChI is InChI=1S/C17H25N3O2/c1-11-15(12(2)20-19-11)7-8-18-17(21)14-9-13-5-3-4-6-16(13)22-10-14/h3-6,11-12,14-15,19-20H,7-10H2,1-2H3,(H,18,21). The summed E-state index contributed by atoms with van der Waals surface area (Å²) in [4.78, 5) is 12.3. The zero-order chi connectivity index (χ0) is 15.5. The van der Waals surface area contributed by atoms with Gasteiger partial charge in [-0.25, -0.2) is 0 Å². The molecular weight excluding hydrogens is 278 g/mol. The number of carbonyl (C=O) groups is 1. The van der Waals surface area contributed by atoms with Gasteiger partial charge in [0.2, 0.25) is 5.91 Å². The topological polar surface area (TPSA) is 62.4 Å². The van der Waals surface area contributed by atoms with E-state index in [2.05, 4.69) is 30.0 Å². The Morgan fingerprint density at radius 3 is 2.77 bits per heavy atom. The smallest absolute Gasteiger partial charge is 0.226 e. The maximum atomic E-state index is 12.3. The van der Waals surface area contributed by atoms with E-state index in [1.165, 1.54) is 0 Å². The van der Waals surface area contributed by atoms with Gasteiger partial charge in [0.25, 0.3) is 0 Å². The zero-order valence-corrected chi connectivity index (χ0v) is 13.3. The van der Waals surface area contributed by atoms with Crippen LogP contribution in [-0.2, 0) is 11.2 Å². The molecule has 0 saturated carbocycles. The van der Waals surface area contributed by atoms with Crippen molar-refractivity contribution in [1.82, 2.24) is 16.2 Å². The fourth-order valence-electron chi connectivity index (χ4n) is 3.41. The van der Waals surface area contributed by atoms with Crippen LogP contribution in [0, 0.1) is 11.8 Å². The van der Waals surface area contributed by atoms with E-state index < -0.39 is 0 Å². The average molecular weight is 303 g/mol. The van der Waals surface area contributed by atoms with Crippen molar-refractivity contribution in [3.63, 3.8) is 0 Å². The molecule has 3 rings (SSSR count). The minimum Gasteiger partial charge on any atom is -0.492 e. The van der Waals surface area contributed by atoms with E-state index in [9.17, 15) is 4.79 Å². The molecule has 2 aliphatic heterocycles. The van der Waals surface area contributed by atoms with Crippen LogP contribution >= 0.6 is 0 Å². The Kier molecular flexibility index (Phi) is 4.64. The van der Waals surface area contributed by atoms with Crippen LogP contribution in [0.4, 0.5) is 0 Å². The molecule has 1 fully saturated rings. The molecule has 1 amide bonds. The third kappa shape index (κ3) is 3.25. The van der Waals surface area contributed by atoms with Gasteiger partial charge < -0.3 is 10.1 Å². The van der Waals surface area contributed by atoms with Gasteiger partial charge in [0.15, 0.2) is 0 Å². The van der Waals surface area contributed by atoms with Gasteiger partial charge in [-0.1, -0.05) is 18.2 Å². The first-order chi connectivity index (χ1) is 10.6. The monoisotopic (exact) mass is 303 g/mol. The van der Waals surface area contributed by atoms with Gasteiger partial charge in [-0.05, 0) is 44.2 Å². The molecule has 3 N–H and O–H groups in total. The minimum absolute atomic E-state index is 0.0791. The van der Waals surface area contributed by atoms with Crippen LogP contribution in [0.25, 0.3) is 0 Å². The summed E-state index contributed by atoms with van der Waals surface area (Å²) in [5.74, 6) is 1.49. The Hall–Kier alpha value is -1.59. The highest BCUT2D eigenvalue weighted by molar-refractivity contribution is 5.79. The second kappa shape index (κ2) is 6.67. The summed E-state index contributed by atoms with van der Waals surface area (Å²) in [6, 6.07) is 8.84. The molecule has 5 nitrogen and oxygen atoms in total. The lowest BCUT2D eigenvalue weighted by atomic mass is 9.92. The van der Waals surface area contributed by atoms with E-state index in [-0.39, 0.29) is 11.8 Å². The van der Waals surface area contributed by atoms with Crippen LogP contribution in [0.2, 0.25) is 0 Å². The van der Waals surface area contributed by atoms with Gasteiger partial charge in [0.1, 0.15) is 12.4 Å². The summed E-state index contributed by atoms with van der Waals surface area (Å²) in [5, 5.41) is 3.08. The van der Waals surface area contributed by atoms with Gasteiger partial charge in [-0.2, -0.15) is 0 Å². The van der Waals surface area contributed by atoms with Crippen molar-refractivity contribution in [3.8, 4) is 5.75 Å². The first kappa shape index (κ1) is 15.3. The molecule has 5 heteroatoms. The zero-order valence-electron chi connectivity index (χ0n) is 13.3. The molecule has 1 aromatic carbocycles. The number of benzene rings is 1. The molecule has 0 bridgehead atoms. The molecule has 1 saturated heterocycles. The normalized spacial score (nSPS) is 30.5. The fourth-order valence-corrected chi connectivity index (χ4v) is 3.41. The highest BCUT2D eigenvalue weighted by Gasteiger charge is 2.30. The third-order valence-corrected chi connectivity index (χ3v) is 4.85. The quantitative estimate of drug-likeness (QED) is 0.783. The molecule has 2 heterocycles. The van der Waals surface area contributed by atoms with E-state index in [0.717, 1.165) is 30.7 Å². The number of nitrogens with one attached hydrogen (secondary N) is 3. The SMILES string of the molecule is CC1NNC(C)C1CCNC(=O)C1COc2ccccc2C1. The Morgan fingerprint density at radius 2 is 2.00 bits per heavy atom. The number of para-hydroxylation sites is 1. The third-order valence-electron chi connectivity index (χ3n) is 4.85. The summed E-state index contributed by atoms with van der Waals surface area (Å²) in [6.45, 7) is 5.55. The van der Waals surface area contributed by atoms with Crippen LogP contribution in [-0.4, -0.2) is 31.1 Å². The predicted molar refractivity (Wildman–Crippen MR) is 85.4 cm³/mol. The molecule has 0 aliphatic carbocycles. The van der Waals surface area contributed by atoms with Gasteiger partial charge in [0.05, 0.1) is 5.92 Å². The summed E-state index contributed by atoms with van der Waals surface area (Å²) in [6.07, 6.45) is 1.75. The number of fused-ring (bicyclic) bond motifs is 1. The first-order valence-electron chi connectivity index (χ1n) is 8.14. The first-order valence-corrected chi connectivity index (χ1v) is 8.14. The lowest BCUT2D eigenvalue weighted by Crippen LogP contribution is -2.39. The van der Waals surface area contributed by atoms with Crippen molar-refractivity contribution in [2.45, 2.75) is 38.8 Å². The van der Waals surface area contributed by atoms with Crippen molar-refractivity contribution < 1.29 is 9.53 Å². The number of carbonyl (C=O) groups excluding carboxylic acids is 1. The number of amides is 1. The molecule has 120 valence electrons. The van der Waals surface area contributed by atoms with Gasteiger partial charge in [0, 0.05) is 18.6 Å². The Labute approximate surface area is 131 Å². The van der Waals surface area contributed by atoms with Crippen molar-refractivity contribution in [1.29, 1.82) is 0 Å². The molecule has 0 aromatic heterocycles. The predicted octanol–water partition coefficient (Wildman–Crippen LogP) is 1.25. The second-order valence-electron chi connectivity index (χ2n) is 6.43. The number of rotatable bonds is 4. The number of hydrazine groups is 1. The Morgan fingerprint density at radius 1 is 1.27 bits per heavy atom. The average Bonchev–Trinajstić information content (AvgIpc) is 2.86. The van der Waals surface area contributed by atoms with E-state index in [1.807, 2.05) is 24.3 Å². The van der Waals surface area contributed by atoms with Crippen molar-refractivity contribution in [2.75, 3.05) is 13.2 Å². The van der Waals surface area contributed by atoms with E-state index in [0.29, 0.717) is 24.6 Å². The molecule has 3 atom stereocenters. The molecule has 2 aliphatic rings. The van der Waals surface area contributed by atoms with Gasteiger partial charge in [-0.15, -0.1) is 0 Å². The molecule has 0 radical (unpaired) electrons. The van der Waals surface area contributed by atoms with Crippen LogP contribution < -0.4 is 20.9 Å². The molecule has 1 aromatic rings. The van der Waals surface area contributed by atoms with Gasteiger partial charge in [-0.3, -0.25) is 15.6 Å². The van der Waals surface area contributed by atoms with Crippen LogP contribution in [0.15, 0.2) is 24.3 Å². The molecular formula is C17H25N3O2. The molecule has 22 heavy (non-hydrogen) atoms. The largest absolute Gasteiger partial charge is 0.492 e. The van der Waals surface area contributed by atoms with Gasteiger partial charge >= 0.3 is 0 Å². The second-order valence-corrected chi connectivity index (χ2v) is 6.43. The highest BCUT2D eigenvalue weighted by atomic mass is 16.5. The van der Waals surface area contributed by atoms with Crippen LogP contribution in [0.1, 0.15) is 25.8 Å². The number of hydrogen-bond donors (Lipinski definition) is 3. The summed E-state index contributed by atoms with van der Waals surface area (Å²) >= 11 is 0. The lowest BCUT2D eigenvalue weighted by Gasteiger charge is -2.25. The van der Waals surface area contributed by atoms with E-state index in [4.69, 9.17) is 4.74 Å². The summed E-state index contributed by atoms with van der Waals surface area (Å²) in [7, 11) is 0. The lowest BCUT2D eigenvalue weighted by molar-refractivity contribution is -0.126. The maximum absolute atomic E-state index is 12.3. The number of ether oxygens (including phenoxy) is 1. The molecule has 0 spiro atoms.